The molecular weight excluding hydrogens is 648 g/mol. The Labute approximate surface area is 250 Å². The summed E-state index contributed by atoms with van der Waals surface area (Å²) in [7, 11) is -10.1. The molecule has 0 spiro atoms. The Morgan fingerprint density at radius 3 is 2.04 bits per heavy atom. The summed E-state index contributed by atoms with van der Waals surface area (Å²) in [6.45, 7) is -1.60. The number of hydrogen-bond donors (Lipinski definition) is 7. The molecule has 3 aliphatic rings. The molecule has 0 radical (unpaired) electrons. The average Bonchev–Trinajstić information content (AvgIpc) is 3.72. The molecule has 0 aliphatic carbocycles. The minimum atomic E-state index is -5.08. The smallest absolute Gasteiger partial charge is 0.387 e. The number of aromatic nitrogens is 8. The fourth-order valence-corrected chi connectivity index (χ4v) is 7.21. The first-order valence-corrected chi connectivity index (χ1v) is 16.0. The van der Waals surface area contributed by atoms with Crippen molar-refractivity contribution < 1.29 is 56.7 Å². The summed E-state index contributed by atoms with van der Waals surface area (Å²) in [6, 6.07) is 0. The Hall–Kier alpha value is -3.44. The second kappa shape index (κ2) is 10.8. The van der Waals surface area contributed by atoms with Crippen LogP contribution < -0.4 is 17.2 Å². The monoisotopic (exact) mass is 673 g/mol. The standard InChI is InChI=1S/C20H25N11O12P2/c21-14-8-16(25-3-24-14)30(4-26-8)18-11(33)12-7(41-18)2-39-45(36,37)43-13-10(32)6(1-38-44(34,35)42-12)40-19(13)31-5-27-9-15(22)28-20(23)29-17(9)31/h3-7,10-13,18-19,32-33H,1-2H2,(H,34,35)(H,36,37)(H2,21,24,25)(H4,22,23,28,29)/t6-,7-,10?,11?,12?,13?,18-,19-/m1/s1. The molecule has 0 saturated carbocycles. The Balaban J connectivity index is 1.20. The van der Waals surface area contributed by atoms with Gasteiger partial charge in [-0.1, -0.05) is 0 Å². The second-order valence-electron chi connectivity index (χ2n) is 10.2. The number of phosphoric ester groups is 2. The van der Waals surface area contributed by atoms with Crippen molar-refractivity contribution in [3.8, 4) is 0 Å². The third-order valence-electron chi connectivity index (χ3n) is 7.34. The van der Waals surface area contributed by atoms with Gasteiger partial charge >= 0.3 is 15.6 Å². The van der Waals surface area contributed by atoms with Gasteiger partial charge in [0.2, 0.25) is 5.95 Å². The van der Waals surface area contributed by atoms with Gasteiger partial charge in [0.25, 0.3) is 0 Å². The van der Waals surface area contributed by atoms with Gasteiger partial charge in [-0.3, -0.25) is 27.2 Å². The second-order valence-corrected chi connectivity index (χ2v) is 13.0. The van der Waals surface area contributed by atoms with Gasteiger partial charge in [-0.2, -0.15) is 9.97 Å². The number of phosphoric acid groups is 2. The van der Waals surface area contributed by atoms with Gasteiger partial charge in [0.15, 0.2) is 35.4 Å². The van der Waals surface area contributed by atoms with E-state index >= 15 is 0 Å². The molecule has 3 fully saturated rings. The van der Waals surface area contributed by atoms with Crippen LogP contribution in [0.15, 0.2) is 19.0 Å². The van der Waals surface area contributed by atoms with Crippen molar-refractivity contribution in [3.63, 3.8) is 0 Å². The van der Waals surface area contributed by atoms with Crippen molar-refractivity contribution in [3.05, 3.63) is 19.0 Å². The van der Waals surface area contributed by atoms with E-state index in [0.29, 0.717) is 0 Å². The van der Waals surface area contributed by atoms with Gasteiger partial charge in [-0.15, -0.1) is 0 Å². The average molecular weight is 673 g/mol. The molecule has 4 aromatic heterocycles. The Kier molecular flexibility index (Phi) is 7.27. The van der Waals surface area contributed by atoms with E-state index in [1.54, 1.807) is 0 Å². The molecule has 2 bridgehead atoms. The molecule has 23 nitrogen and oxygen atoms in total. The van der Waals surface area contributed by atoms with Gasteiger partial charge in [0, 0.05) is 0 Å². The highest BCUT2D eigenvalue weighted by molar-refractivity contribution is 7.47. The summed E-state index contributed by atoms with van der Waals surface area (Å²) < 4.78 is 61.4. The molecule has 4 aromatic rings. The molecule has 3 saturated heterocycles. The quantitative estimate of drug-likeness (QED) is 0.113. The number of anilines is 3. The predicted octanol–water partition coefficient (Wildman–Crippen LogP) is -2.05. The molecule has 45 heavy (non-hydrogen) atoms. The zero-order valence-electron chi connectivity index (χ0n) is 22.5. The number of fused-ring (bicyclic) bond motifs is 5. The van der Waals surface area contributed by atoms with Crippen molar-refractivity contribution in [2.45, 2.75) is 49.1 Å². The largest absolute Gasteiger partial charge is 0.472 e. The molecule has 10 atom stereocenters. The lowest BCUT2D eigenvalue weighted by Crippen LogP contribution is -2.36. The maximum atomic E-state index is 13.2. The summed E-state index contributed by atoms with van der Waals surface area (Å²) >= 11 is 0. The van der Waals surface area contributed by atoms with Crippen LogP contribution in [0.3, 0.4) is 0 Å². The van der Waals surface area contributed by atoms with E-state index in [4.69, 9.17) is 44.8 Å². The van der Waals surface area contributed by atoms with Crippen LogP contribution in [-0.4, -0.2) is 109 Å². The molecule has 10 N–H and O–H groups in total. The molecule has 0 amide bonds. The highest BCUT2D eigenvalue weighted by Crippen LogP contribution is 2.53. The lowest BCUT2D eigenvalue weighted by atomic mass is 10.1. The Bertz CT molecular complexity index is 1880. The number of nitrogen functional groups attached to an aromatic ring is 3. The van der Waals surface area contributed by atoms with Crippen LogP contribution in [0, 0.1) is 0 Å². The normalized spacial score (nSPS) is 37.7. The zero-order valence-corrected chi connectivity index (χ0v) is 24.3. The third-order valence-corrected chi connectivity index (χ3v) is 9.31. The van der Waals surface area contributed by atoms with Gasteiger partial charge in [0.05, 0.1) is 25.9 Å². The molecule has 7 heterocycles. The van der Waals surface area contributed by atoms with Gasteiger partial charge in [-0.25, -0.2) is 29.1 Å². The fraction of sp³-hybridized carbons (Fsp3) is 0.500. The van der Waals surface area contributed by atoms with Crippen molar-refractivity contribution >= 4 is 55.6 Å². The summed E-state index contributed by atoms with van der Waals surface area (Å²) in [6.07, 6.45) is -8.84. The van der Waals surface area contributed by atoms with Crippen molar-refractivity contribution in [2.24, 2.45) is 0 Å². The molecule has 7 rings (SSSR count). The Morgan fingerprint density at radius 2 is 1.33 bits per heavy atom. The first kappa shape index (κ1) is 30.2. The molecule has 0 aromatic carbocycles. The Morgan fingerprint density at radius 1 is 0.733 bits per heavy atom. The van der Waals surface area contributed by atoms with Gasteiger partial charge in [-0.05, 0) is 0 Å². The number of aliphatic hydroxyl groups excluding tert-OH is 2. The highest BCUT2D eigenvalue weighted by atomic mass is 31.2. The number of aliphatic hydroxyl groups is 2. The van der Waals surface area contributed by atoms with Crippen molar-refractivity contribution in [1.82, 2.24) is 39.0 Å². The van der Waals surface area contributed by atoms with E-state index in [2.05, 4.69) is 29.9 Å². The van der Waals surface area contributed by atoms with Crippen molar-refractivity contribution in [1.29, 1.82) is 0 Å². The molecule has 25 heteroatoms. The first-order valence-electron chi connectivity index (χ1n) is 13.0. The highest BCUT2D eigenvalue weighted by Gasteiger charge is 2.54. The van der Waals surface area contributed by atoms with Crippen LogP contribution in [0.4, 0.5) is 17.6 Å². The first-order chi connectivity index (χ1) is 21.3. The zero-order chi connectivity index (χ0) is 31.8. The van der Waals surface area contributed by atoms with Crippen molar-refractivity contribution in [2.75, 3.05) is 30.4 Å². The minimum Gasteiger partial charge on any atom is -0.387 e. The topological polar surface area (TPSA) is 336 Å². The number of nitrogens with two attached hydrogens (primary N) is 3. The lowest BCUT2D eigenvalue weighted by Gasteiger charge is -2.25. The number of nitrogens with zero attached hydrogens (tertiary/aromatic N) is 8. The fourth-order valence-electron chi connectivity index (χ4n) is 5.31. The third kappa shape index (κ3) is 5.31. The molecule has 242 valence electrons. The van der Waals surface area contributed by atoms with E-state index in [0.717, 1.165) is 6.33 Å². The van der Waals surface area contributed by atoms with Gasteiger partial charge in [0.1, 0.15) is 54.0 Å². The van der Waals surface area contributed by atoms with E-state index in [9.17, 15) is 29.1 Å². The summed E-state index contributed by atoms with van der Waals surface area (Å²) in [5.74, 6) is -0.254. The lowest BCUT2D eigenvalue weighted by molar-refractivity contribution is -0.0672. The maximum absolute atomic E-state index is 13.2. The number of imidazole rings is 2. The van der Waals surface area contributed by atoms with Crippen LogP contribution in [0.2, 0.25) is 0 Å². The molecule has 3 aliphatic heterocycles. The SMILES string of the molecule is Nc1nc(N)c2ncn([C@@H]3O[C@@H]4COP(=O)(O)OC5C(O)[C@H](n6cnc7c(N)ncnc76)O[C@@H]5COP(=O)(O)OC3C4O)c2n1. The van der Waals surface area contributed by atoms with Crippen LogP contribution in [0.1, 0.15) is 12.5 Å². The van der Waals surface area contributed by atoms with E-state index in [1.807, 2.05) is 0 Å². The van der Waals surface area contributed by atoms with Gasteiger partial charge < -0.3 is 46.7 Å². The maximum Gasteiger partial charge on any atom is 0.472 e. The van der Waals surface area contributed by atoms with E-state index in [-0.39, 0.29) is 39.9 Å². The summed E-state index contributed by atoms with van der Waals surface area (Å²) in [4.78, 5) is 45.3. The number of ether oxygens (including phenoxy) is 2. The number of rotatable bonds is 2. The van der Waals surface area contributed by atoms with E-state index < -0.39 is 77.9 Å². The van der Waals surface area contributed by atoms with Crippen LogP contribution in [-0.2, 0) is 36.7 Å². The van der Waals surface area contributed by atoms with Crippen LogP contribution in [0.25, 0.3) is 22.3 Å². The van der Waals surface area contributed by atoms with Crippen LogP contribution in [0.5, 0.6) is 0 Å². The van der Waals surface area contributed by atoms with E-state index in [1.165, 1.54) is 21.8 Å². The minimum absolute atomic E-state index is 0.0274. The van der Waals surface area contributed by atoms with Crippen LogP contribution >= 0.6 is 15.6 Å². The molecule has 6 unspecified atom stereocenters. The predicted molar refractivity (Wildman–Crippen MR) is 145 cm³/mol. The molecular formula is C20H25N11O12P2. The number of hydrogen-bond acceptors (Lipinski definition) is 19. The summed E-state index contributed by atoms with van der Waals surface area (Å²) in [5, 5.41) is 22.2. The summed E-state index contributed by atoms with van der Waals surface area (Å²) in [5.41, 5.74) is 17.9.